The quantitative estimate of drug-likeness (QED) is 0.593. The molecule has 0 bridgehead atoms. The molecule has 3 rings (SSSR count). The third kappa shape index (κ3) is 3.28. The van der Waals surface area contributed by atoms with Gasteiger partial charge >= 0.3 is 0 Å². The number of nitrogens with zero attached hydrogens (tertiary/aromatic N) is 10. The second kappa shape index (κ2) is 7.71. The Morgan fingerprint density at radius 1 is 0.714 bits per heavy atom. The Morgan fingerprint density at radius 2 is 1.07 bits per heavy atom. The van der Waals surface area contributed by atoms with Crippen molar-refractivity contribution in [2.75, 3.05) is 26.6 Å². The van der Waals surface area contributed by atoms with Gasteiger partial charge in [-0.1, -0.05) is 23.5 Å². The van der Waals surface area contributed by atoms with Crippen LogP contribution in [0.1, 0.15) is 11.4 Å². The van der Waals surface area contributed by atoms with Gasteiger partial charge in [0.15, 0.2) is 0 Å². The van der Waals surface area contributed by atoms with Gasteiger partial charge in [0.2, 0.25) is 22.2 Å². The molecule has 0 aliphatic carbocycles. The average molecular weight is 423 g/mol. The zero-order chi connectivity index (χ0) is 20.6. The van der Waals surface area contributed by atoms with Gasteiger partial charge in [-0.3, -0.25) is 19.4 Å². The molecule has 0 atom stereocenters. The second-order valence-electron chi connectivity index (χ2n) is 5.70. The third-order valence-corrected chi connectivity index (χ3v) is 5.12. The van der Waals surface area contributed by atoms with Gasteiger partial charge in [0.25, 0.3) is 11.1 Å². The molecule has 1 saturated heterocycles. The van der Waals surface area contributed by atoms with Crippen LogP contribution in [0.4, 0.5) is 0 Å². The first-order valence-electron chi connectivity index (χ1n) is 7.96. The minimum absolute atomic E-state index is 0.246. The molecule has 148 valence electrons. The van der Waals surface area contributed by atoms with Gasteiger partial charge in [0.1, 0.15) is 11.4 Å². The average Bonchev–Trinajstić information content (AvgIpc) is 2.69. The predicted molar refractivity (Wildman–Crippen MR) is 107 cm³/mol. The summed E-state index contributed by atoms with van der Waals surface area (Å²) in [5.41, 5.74) is -0.215. The van der Waals surface area contributed by atoms with Crippen molar-refractivity contribution < 1.29 is 0 Å². The van der Waals surface area contributed by atoms with Crippen LogP contribution >= 0.6 is 23.5 Å². The first kappa shape index (κ1) is 20.0. The molecule has 3 heterocycles. The molecule has 0 saturated carbocycles. The topological polar surface area (TPSA) is 127 Å². The van der Waals surface area contributed by atoms with E-state index in [1.807, 2.05) is 0 Å². The fraction of sp³-hybridized carbons (Fsp3) is 0.429. The van der Waals surface area contributed by atoms with Gasteiger partial charge < -0.3 is 0 Å². The monoisotopic (exact) mass is 422 g/mol. The number of hydrogen-bond donors (Lipinski definition) is 0. The Bertz CT molecular complexity index is 1010. The summed E-state index contributed by atoms with van der Waals surface area (Å²) in [5, 5.41) is 25.1. The largest absolute Gasteiger partial charge is 0.296 e. The van der Waals surface area contributed by atoms with Gasteiger partial charge in [-0.15, -0.1) is 30.6 Å². The fourth-order valence-corrected chi connectivity index (χ4v) is 3.19. The highest BCUT2D eigenvalue weighted by molar-refractivity contribution is 7.98. The fourth-order valence-electron chi connectivity index (χ4n) is 2.35. The standard InChI is InChI=1S/C14H18N10O2S2/c1-7-9(25)23(13(27-5)17-15-7)19-11-21(3)12(22(11)4)20-24-10(26)8(2)16-18-14(24)28-6/h1-6H3. The van der Waals surface area contributed by atoms with Gasteiger partial charge in [0, 0.05) is 14.1 Å². The molecule has 0 radical (unpaired) electrons. The lowest BCUT2D eigenvalue weighted by atomic mass is 10.5. The van der Waals surface area contributed by atoms with Crippen LogP contribution in [0.3, 0.4) is 0 Å². The lowest BCUT2D eigenvalue weighted by molar-refractivity contribution is 0.431. The smallest absolute Gasteiger partial charge is 0.282 e. The van der Waals surface area contributed by atoms with E-state index in [9.17, 15) is 9.59 Å². The SMILES string of the molecule is CSc1nnc(C)c(=O)n1N=C1N(C)C(=Nn2c(SC)nnc(C)c2=O)N1C. The lowest BCUT2D eigenvalue weighted by Crippen LogP contribution is -2.62. The van der Waals surface area contributed by atoms with Gasteiger partial charge in [0.05, 0.1) is 0 Å². The molecular formula is C14H18N10O2S2. The number of aromatic nitrogens is 6. The number of guanidine groups is 2. The molecule has 0 amide bonds. The summed E-state index contributed by atoms with van der Waals surface area (Å²) < 4.78 is 2.40. The Kier molecular flexibility index (Phi) is 5.51. The molecule has 0 spiro atoms. The molecule has 0 aromatic carbocycles. The van der Waals surface area contributed by atoms with E-state index in [-0.39, 0.29) is 22.5 Å². The van der Waals surface area contributed by atoms with Crippen molar-refractivity contribution in [2.45, 2.75) is 24.2 Å². The molecular weight excluding hydrogens is 404 g/mol. The lowest BCUT2D eigenvalue weighted by Gasteiger charge is -2.41. The maximum absolute atomic E-state index is 12.4. The molecule has 1 fully saturated rings. The van der Waals surface area contributed by atoms with E-state index in [0.29, 0.717) is 22.2 Å². The minimum atomic E-state index is -0.353. The van der Waals surface area contributed by atoms with Gasteiger partial charge in [-0.25, -0.2) is 0 Å². The van der Waals surface area contributed by atoms with E-state index in [0.717, 1.165) is 0 Å². The van der Waals surface area contributed by atoms with Crippen LogP contribution in [-0.2, 0) is 0 Å². The minimum Gasteiger partial charge on any atom is -0.282 e. The van der Waals surface area contributed by atoms with E-state index in [1.165, 1.54) is 32.9 Å². The van der Waals surface area contributed by atoms with E-state index in [1.54, 1.807) is 50.3 Å². The maximum Gasteiger partial charge on any atom is 0.296 e. The maximum atomic E-state index is 12.4. The summed E-state index contributed by atoms with van der Waals surface area (Å²) in [5.74, 6) is 0.919. The summed E-state index contributed by atoms with van der Waals surface area (Å²) in [4.78, 5) is 28.1. The number of hydrogen-bond acceptors (Lipinski definition) is 10. The van der Waals surface area contributed by atoms with E-state index in [2.05, 4.69) is 30.6 Å². The summed E-state index contributed by atoms with van der Waals surface area (Å²) in [6, 6.07) is 0. The summed E-state index contributed by atoms with van der Waals surface area (Å²) in [6.45, 7) is 3.15. The molecule has 1 aliphatic heterocycles. The van der Waals surface area contributed by atoms with Crippen LogP contribution in [0.5, 0.6) is 0 Å². The van der Waals surface area contributed by atoms with Gasteiger partial charge in [-0.05, 0) is 26.4 Å². The van der Waals surface area contributed by atoms with Crippen molar-refractivity contribution in [3.05, 3.63) is 32.1 Å². The van der Waals surface area contributed by atoms with Crippen molar-refractivity contribution in [3.63, 3.8) is 0 Å². The molecule has 14 heteroatoms. The molecule has 28 heavy (non-hydrogen) atoms. The zero-order valence-electron chi connectivity index (χ0n) is 16.1. The van der Waals surface area contributed by atoms with Crippen molar-refractivity contribution in [3.8, 4) is 0 Å². The Balaban J connectivity index is 2.04. The van der Waals surface area contributed by atoms with Crippen LogP contribution in [0.2, 0.25) is 0 Å². The van der Waals surface area contributed by atoms with E-state index < -0.39 is 0 Å². The number of aryl methyl sites for hydroxylation is 2. The number of thioether (sulfide) groups is 2. The Labute approximate surface area is 168 Å². The van der Waals surface area contributed by atoms with Gasteiger partial charge in [-0.2, -0.15) is 9.35 Å². The summed E-state index contributed by atoms with van der Waals surface area (Å²) in [6.07, 6.45) is 3.57. The predicted octanol–water partition coefficient (Wildman–Crippen LogP) is -0.534. The molecule has 12 nitrogen and oxygen atoms in total. The van der Waals surface area contributed by atoms with Crippen LogP contribution in [0.25, 0.3) is 0 Å². The van der Waals surface area contributed by atoms with E-state index >= 15 is 0 Å². The third-order valence-electron chi connectivity index (χ3n) is 3.88. The highest BCUT2D eigenvalue weighted by Crippen LogP contribution is 2.16. The normalized spacial score (nSPS) is 13.6. The molecule has 2 aromatic heterocycles. The number of rotatable bonds is 4. The Hall–Kier alpha value is -2.74. The highest BCUT2D eigenvalue weighted by atomic mass is 32.2. The Morgan fingerprint density at radius 3 is 1.39 bits per heavy atom. The van der Waals surface area contributed by atoms with Crippen molar-refractivity contribution in [1.29, 1.82) is 0 Å². The van der Waals surface area contributed by atoms with Crippen LogP contribution < -0.4 is 11.1 Å². The van der Waals surface area contributed by atoms with Crippen molar-refractivity contribution in [2.24, 2.45) is 10.2 Å². The van der Waals surface area contributed by atoms with Crippen LogP contribution in [0, 0.1) is 13.8 Å². The first-order chi connectivity index (χ1) is 13.3. The molecule has 2 aromatic rings. The van der Waals surface area contributed by atoms with Crippen LogP contribution in [0.15, 0.2) is 30.1 Å². The second-order valence-corrected chi connectivity index (χ2v) is 7.24. The summed E-state index contributed by atoms with van der Waals surface area (Å²) >= 11 is 2.52. The molecule has 0 N–H and O–H groups in total. The van der Waals surface area contributed by atoms with Crippen molar-refractivity contribution in [1.82, 2.24) is 39.5 Å². The van der Waals surface area contributed by atoms with E-state index in [4.69, 9.17) is 0 Å². The van der Waals surface area contributed by atoms with Crippen LogP contribution in [-0.4, -0.2) is 78.1 Å². The first-order valence-corrected chi connectivity index (χ1v) is 10.4. The summed E-state index contributed by atoms with van der Waals surface area (Å²) in [7, 11) is 3.46. The molecule has 0 unspecified atom stereocenters. The molecule has 1 aliphatic rings. The zero-order valence-corrected chi connectivity index (χ0v) is 17.7. The highest BCUT2D eigenvalue weighted by Gasteiger charge is 2.35. The van der Waals surface area contributed by atoms with Crippen molar-refractivity contribution >= 4 is 35.4 Å².